The molecule has 0 spiro atoms. The van der Waals surface area contributed by atoms with Crippen LogP contribution in [0.2, 0.25) is 0 Å². The van der Waals surface area contributed by atoms with Crippen LogP contribution in [0.15, 0.2) is 30.7 Å². The first-order chi connectivity index (χ1) is 7.40. The minimum absolute atomic E-state index is 0.705. The highest BCUT2D eigenvalue weighted by Crippen LogP contribution is 2.05. The summed E-state index contributed by atoms with van der Waals surface area (Å²) in [7, 11) is 0. The first-order valence-corrected chi connectivity index (χ1v) is 4.92. The van der Waals surface area contributed by atoms with Gasteiger partial charge in [-0.25, -0.2) is 4.68 Å². The fraction of sp³-hybridized carbons (Fsp3) is 0.300. The monoisotopic (exact) mass is 203 g/mol. The first-order valence-electron chi connectivity index (χ1n) is 4.92. The summed E-state index contributed by atoms with van der Waals surface area (Å²) in [5.41, 5.74) is 6.62. The maximum atomic E-state index is 5.44. The average molecular weight is 203 g/mol. The fourth-order valence-electron chi connectivity index (χ4n) is 1.34. The molecule has 15 heavy (non-hydrogen) atoms. The molecule has 78 valence electrons. The average Bonchev–Trinajstić information content (AvgIpc) is 2.76. The lowest BCUT2D eigenvalue weighted by Crippen LogP contribution is -2.00. The van der Waals surface area contributed by atoms with Crippen LogP contribution in [0.25, 0.3) is 5.82 Å². The highest BCUT2D eigenvalue weighted by molar-refractivity contribution is 5.20. The van der Waals surface area contributed by atoms with Crippen molar-refractivity contribution in [2.24, 2.45) is 5.73 Å². The van der Waals surface area contributed by atoms with Crippen LogP contribution in [-0.2, 0) is 6.42 Å². The van der Waals surface area contributed by atoms with Gasteiger partial charge in [0.05, 0.1) is 6.20 Å². The second-order valence-electron chi connectivity index (χ2n) is 3.27. The highest BCUT2D eigenvalue weighted by Gasteiger charge is 2.01. The lowest BCUT2D eigenvalue weighted by atomic mass is 10.2. The van der Waals surface area contributed by atoms with E-state index in [2.05, 4.69) is 15.3 Å². The predicted molar refractivity (Wildman–Crippen MR) is 56.5 cm³/mol. The number of rotatable bonds is 4. The van der Waals surface area contributed by atoms with Crippen LogP contribution in [0.5, 0.6) is 0 Å². The molecule has 0 aliphatic heterocycles. The van der Waals surface area contributed by atoms with Crippen LogP contribution in [0.4, 0.5) is 0 Å². The predicted octanol–water partition coefficient (Wildman–Crippen LogP) is 0.554. The summed E-state index contributed by atoms with van der Waals surface area (Å²) in [6, 6.07) is 3.70. The van der Waals surface area contributed by atoms with Crippen molar-refractivity contribution in [3.05, 3.63) is 36.3 Å². The summed E-state index contributed by atoms with van der Waals surface area (Å²) in [6.07, 6.45) is 7.37. The Hall–Kier alpha value is -1.75. The minimum atomic E-state index is 0.705. The molecule has 0 aliphatic rings. The summed E-state index contributed by atoms with van der Waals surface area (Å²) >= 11 is 0. The third-order valence-corrected chi connectivity index (χ3v) is 2.10. The van der Waals surface area contributed by atoms with E-state index in [9.17, 15) is 0 Å². The Morgan fingerprint density at radius 1 is 1.40 bits per heavy atom. The number of aromatic nitrogens is 4. The van der Waals surface area contributed by atoms with E-state index >= 15 is 0 Å². The third-order valence-electron chi connectivity index (χ3n) is 2.10. The van der Waals surface area contributed by atoms with E-state index in [0.717, 1.165) is 18.7 Å². The van der Waals surface area contributed by atoms with E-state index in [0.29, 0.717) is 6.54 Å². The molecule has 2 aromatic rings. The van der Waals surface area contributed by atoms with Crippen molar-refractivity contribution in [1.82, 2.24) is 20.0 Å². The summed E-state index contributed by atoms with van der Waals surface area (Å²) < 4.78 is 1.72. The SMILES string of the molecule is NCCCc1cnn(-c2cccnn2)c1. The van der Waals surface area contributed by atoms with Crippen LogP contribution in [0.1, 0.15) is 12.0 Å². The molecule has 2 heterocycles. The molecule has 0 unspecified atom stereocenters. The van der Waals surface area contributed by atoms with Crippen LogP contribution < -0.4 is 5.73 Å². The Labute approximate surface area is 87.9 Å². The van der Waals surface area contributed by atoms with Crippen LogP contribution in [-0.4, -0.2) is 26.5 Å². The Bertz CT molecular complexity index is 409. The van der Waals surface area contributed by atoms with E-state index < -0.39 is 0 Å². The molecule has 2 N–H and O–H groups in total. The molecular formula is C10H13N5. The number of hydrogen-bond acceptors (Lipinski definition) is 4. The van der Waals surface area contributed by atoms with Gasteiger partial charge in [0.1, 0.15) is 0 Å². The van der Waals surface area contributed by atoms with Gasteiger partial charge in [-0.1, -0.05) is 0 Å². The van der Waals surface area contributed by atoms with Crippen molar-refractivity contribution >= 4 is 0 Å². The Morgan fingerprint density at radius 2 is 2.33 bits per heavy atom. The van der Waals surface area contributed by atoms with Gasteiger partial charge in [-0.05, 0) is 37.1 Å². The fourth-order valence-corrected chi connectivity index (χ4v) is 1.34. The second-order valence-corrected chi connectivity index (χ2v) is 3.27. The molecule has 0 atom stereocenters. The maximum Gasteiger partial charge on any atom is 0.175 e. The highest BCUT2D eigenvalue weighted by atomic mass is 15.3. The molecule has 5 heteroatoms. The largest absolute Gasteiger partial charge is 0.330 e. The van der Waals surface area contributed by atoms with Crippen molar-refractivity contribution in [3.8, 4) is 5.82 Å². The minimum Gasteiger partial charge on any atom is -0.330 e. The molecule has 0 fully saturated rings. The van der Waals surface area contributed by atoms with Gasteiger partial charge in [-0.15, -0.1) is 5.10 Å². The van der Waals surface area contributed by atoms with E-state index in [-0.39, 0.29) is 0 Å². The molecule has 2 aromatic heterocycles. The van der Waals surface area contributed by atoms with E-state index in [1.807, 2.05) is 24.5 Å². The van der Waals surface area contributed by atoms with Gasteiger partial charge in [-0.3, -0.25) is 0 Å². The molecule has 0 bridgehead atoms. The standard InChI is InChI=1S/C10H13N5/c11-5-1-3-9-7-13-15(8-9)10-4-2-6-12-14-10/h2,4,6-8H,1,3,5,11H2. The van der Waals surface area contributed by atoms with E-state index in [1.54, 1.807) is 10.9 Å². The summed E-state index contributed by atoms with van der Waals surface area (Å²) in [6.45, 7) is 0.705. The summed E-state index contributed by atoms with van der Waals surface area (Å²) in [5.74, 6) is 0.733. The van der Waals surface area contributed by atoms with Gasteiger partial charge in [0, 0.05) is 12.4 Å². The third kappa shape index (κ3) is 2.38. The topological polar surface area (TPSA) is 69.6 Å². The Balaban J connectivity index is 2.14. The maximum absolute atomic E-state index is 5.44. The van der Waals surface area contributed by atoms with Gasteiger partial charge in [0.15, 0.2) is 5.82 Å². The Kier molecular flexibility index (Phi) is 3.04. The van der Waals surface area contributed by atoms with Crippen molar-refractivity contribution in [1.29, 1.82) is 0 Å². The van der Waals surface area contributed by atoms with E-state index in [4.69, 9.17) is 5.73 Å². The molecule has 0 amide bonds. The molecule has 0 saturated heterocycles. The normalized spacial score (nSPS) is 10.5. The van der Waals surface area contributed by atoms with Gasteiger partial charge < -0.3 is 5.73 Å². The van der Waals surface area contributed by atoms with Crippen molar-refractivity contribution < 1.29 is 0 Å². The zero-order chi connectivity index (χ0) is 10.5. The lowest BCUT2D eigenvalue weighted by Gasteiger charge is -1.96. The number of nitrogens with zero attached hydrogens (tertiary/aromatic N) is 4. The molecular weight excluding hydrogens is 190 g/mol. The molecule has 0 aromatic carbocycles. The smallest absolute Gasteiger partial charge is 0.175 e. The van der Waals surface area contributed by atoms with E-state index in [1.165, 1.54) is 5.56 Å². The molecule has 2 rings (SSSR count). The van der Waals surface area contributed by atoms with Gasteiger partial charge in [0.2, 0.25) is 0 Å². The number of nitrogens with two attached hydrogens (primary N) is 1. The van der Waals surface area contributed by atoms with Crippen molar-refractivity contribution in [3.63, 3.8) is 0 Å². The lowest BCUT2D eigenvalue weighted by molar-refractivity contribution is 0.809. The summed E-state index contributed by atoms with van der Waals surface area (Å²) in [5, 5.41) is 12.0. The van der Waals surface area contributed by atoms with Crippen LogP contribution in [0.3, 0.4) is 0 Å². The van der Waals surface area contributed by atoms with Gasteiger partial charge >= 0.3 is 0 Å². The number of hydrogen-bond donors (Lipinski definition) is 1. The molecule has 0 saturated carbocycles. The Morgan fingerprint density at radius 3 is 3.07 bits per heavy atom. The molecule has 0 aliphatic carbocycles. The van der Waals surface area contributed by atoms with Crippen LogP contribution >= 0.6 is 0 Å². The van der Waals surface area contributed by atoms with Crippen molar-refractivity contribution in [2.75, 3.05) is 6.54 Å². The number of aryl methyl sites for hydroxylation is 1. The summed E-state index contributed by atoms with van der Waals surface area (Å²) in [4.78, 5) is 0. The first kappa shape index (κ1) is 9.79. The molecule has 0 radical (unpaired) electrons. The zero-order valence-corrected chi connectivity index (χ0v) is 8.37. The zero-order valence-electron chi connectivity index (χ0n) is 8.37. The molecule has 5 nitrogen and oxygen atoms in total. The van der Waals surface area contributed by atoms with Crippen molar-refractivity contribution in [2.45, 2.75) is 12.8 Å². The second kappa shape index (κ2) is 4.65. The quantitative estimate of drug-likeness (QED) is 0.788. The van der Waals surface area contributed by atoms with Crippen LogP contribution in [0, 0.1) is 0 Å². The van der Waals surface area contributed by atoms with Gasteiger partial charge in [-0.2, -0.15) is 10.2 Å². The van der Waals surface area contributed by atoms with Gasteiger partial charge in [0.25, 0.3) is 0 Å².